The summed E-state index contributed by atoms with van der Waals surface area (Å²) in [6.07, 6.45) is 1.43. The minimum atomic E-state index is -0.589. The maximum atomic E-state index is 9.85. The maximum Gasteiger partial charge on any atom is 0.139 e. The Hall–Kier alpha value is -0.770. The first kappa shape index (κ1) is 10.7. The van der Waals surface area contributed by atoms with Gasteiger partial charge in [-0.25, -0.2) is 0 Å². The normalized spacial score (nSPS) is 19.9. The Labute approximate surface area is 93.5 Å². The number of rotatable bonds is 3. The van der Waals surface area contributed by atoms with Gasteiger partial charge < -0.3 is 15.9 Å². The summed E-state index contributed by atoms with van der Waals surface area (Å²) in [7, 11) is 0. The summed E-state index contributed by atoms with van der Waals surface area (Å²) in [4.78, 5) is 0. The van der Waals surface area contributed by atoms with Crippen molar-refractivity contribution in [2.75, 3.05) is 0 Å². The van der Waals surface area contributed by atoms with Crippen LogP contribution in [0.15, 0.2) is 18.2 Å². The number of halogens is 1. The lowest BCUT2D eigenvalue weighted by Crippen LogP contribution is -2.27. The van der Waals surface area contributed by atoms with Crippen LogP contribution in [0.2, 0.25) is 5.02 Å². The minimum absolute atomic E-state index is 0.0219. The van der Waals surface area contributed by atoms with Gasteiger partial charge in [-0.15, -0.1) is 0 Å². The maximum absolute atomic E-state index is 9.85. The molecule has 0 aliphatic heterocycles. The van der Waals surface area contributed by atoms with Gasteiger partial charge >= 0.3 is 0 Å². The van der Waals surface area contributed by atoms with E-state index in [2.05, 4.69) is 0 Å². The van der Waals surface area contributed by atoms with Crippen LogP contribution in [0, 0.1) is 5.92 Å². The standard InChI is InChI=1S/C11H14ClNO2/c12-8-3-1-2-7(11(8)15)9(13)10(14)6-4-5-6/h1-3,6,9-10,14-15H,4-5,13H2/t9-,10+/m1/s1. The highest BCUT2D eigenvalue weighted by molar-refractivity contribution is 6.32. The van der Waals surface area contributed by atoms with Gasteiger partial charge in [0.15, 0.2) is 0 Å². The quantitative estimate of drug-likeness (QED) is 0.738. The van der Waals surface area contributed by atoms with Crippen LogP contribution in [0.25, 0.3) is 0 Å². The van der Waals surface area contributed by atoms with E-state index in [9.17, 15) is 10.2 Å². The van der Waals surface area contributed by atoms with Gasteiger partial charge in [0.05, 0.1) is 17.2 Å². The number of aliphatic hydroxyl groups is 1. The lowest BCUT2D eigenvalue weighted by molar-refractivity contribution is 0.121. The van der Waals surface area contributed by atoms with Crippen LogP contribution in [0.4, 0.5) is 0 Å². The lowest BCUT2D eigenvalue weighted by atomic mass is 9.98. The molecule has 4 N–H and O–H groups in total. The average Bonchev–Trinajstić information content (AvgIpc) is 3.03. The van der Waals surface area contributed by atoms with E-state index in [1.54, 1.807) is 18.2 Å². The molecule has 0 heterocycles. The molecule has 0 spiro atoms. The number of nitrogens with two attached hydrogens (primary N) is 1. The molecule has 2 rings (SSSR count). The summed E-state index contributed by atoms with van der Waals surface area (Å²) in [6.45, 7) is 0. The SMILES string of the molecule is N[C@H](c1cccc(Cl)c1O)[C@@H](O)C1CC1. The van der Waals surface area contributed by atoms with Crippen LogP contribution in [0.5, 0.6) is 5.75 Å². The van der Waals surface area contributed by atoms with Crippen molar-refractivity contribution in [3.05, 3.63) is 28.8 Å². The number of phenolic OH excluding ortho intramolecular Hbond substituents is 1. The van der Waals surface area contributed by atoms with E-state index in [-0.39, 0.29) is 16.7 Å². The van der Waals surface area contributed by atoms with Gasteiger partial charge in [0.2, 0.25) is 0 Å². The summed E-state index contributed by atoms with van der Waals surface area (Å²) in [6, 6.07) is 4.45. The Bertz CT molecular complexity index is 366. The molecular weight excluding hydrogens is 214 g/mol. The first-order valence-electron chi connectivity index (χ1n) is 5.02. The summed E-state index contributed by atoms with van der Waals surface area (Å²) in [5.41, 5.74) is 6.40. The van der Waals surface area contributed by atoms with Gasteiger partial charge in [0.1, 0.15) is 5.75 Å². The van der Waals surface area contributed by atoms with Gasteiger partial charge in [-0.05, 0) is 24.8 Å². The lowest BCUT2D eigenvalue weighted by Gasteiger charge is -2.20. The molecule has 0 saturated heterocycles. The van der Waals surface area contributed by atoms with Crippen molar-refractivity contribution >= 4 is 11.6 Å². The molecule has 1 aliphatic carbocycles. The van der Waals surface area contributed by atoms with E-state index in [1.165, 1.54) is 0 Å². The zero-order valence-corrected chi connectivity index (χ0v) is 8.98. The van der Waals surface area contributed by atoms with Gasteiger partial charge in [0, 0.05) is 5.56 Å². The highest BCUT2D eigenvalue weighted by Crippen LogP contribution is 2.40. The zero-order chi connectivity index (χ0) is 11.0. The van der Waals surface area contributed by atoms with Crippen molar-refractivity contribution < 1.29 is 10.2 Å². The largest absolute Gasteiger partial charge is 0.506 e. The molecule has 0 radical (unpaired) electrons. The van der Waals surface area contributed by atoms with Crippen LogP contribution >= 0.6 is 11.6 Å². The predicted molar refractivity (Wildman–Crippen MR) is 58.8 cm³/mol. The van der Waals surface area contributed by atoms with Crippen LogP contribution < -0.4 is 5.73 Å². The third-order valence-corrected chi connectivity index (χ3v) is 3.16. The third kappa shape index (κ3) is 2.09. The Morgan fingerprint density at radius 1 is 1.40 bits per heavy atom. The van der Waals surface area contributed by atoms with Crippen LogP contribution in [-0.2, 0) is 0 Å². The Kier molecular flexibility index (Phi) is 2.87. The minimum Gasteiger partial charge on any atom is -0.506 e. The van der Waals surface area contributed by atoms with Gasteiger partial charge in [0.25, 0.3) is 0 Å². The molecule has 1 aromatic carbocycles. The van der Waals surface area contributed by atoms with E-state index in [4.69, 9.17) is 17.3 Å². The average molecular weight is 228 g/mol. The number of para-hydroxylation sites is 1. The molecule has 1 aliphatic rings. The number of benzene rings is 1. The van der Waals surface area contributed by atoms with E-state index in [1.807, 2.05) is 0 Å². The molecule has 2 atom stereocenters. The Morgan fingerprint density at radius 3 is 2.67 bits per heavy atom. The summed E-state index contributed by atoms with van der Waals surface area (Å²) < 4.78 is 0. The van der Waals surface area contributed by atoms with Crippen molar-refractivity contribution in [3.8, 4) is 5.75 Å². The van der Waals surface area contributed by atoms with E-state index >= 15 is 0 Å². The van der Waals surface area contributed by atoms with Crippen molar-refractivity contribution in [1.29, 1.82) is 0 Å². The molecular formula is C11H14ClNO2. The number of phenols is 1. The van der Waals surface area contributed by atoms with E-state index in [0.717, 1.165) is 12.8 Å². The number of aromatic hydroxyl groups is 1. The second-order valence-corrected chi connectivity index (χ2v) is 4.44. The molecule has 1 fully saturated rings. The molecule has 0 bridgehead atoms. The van der Waals surface area contributed by atoms with E-state index in [0.29, 0.717) is 5.56 Å². The summed E-state index contributed by atoms with van der Waals surface area (Å²) in [5.74, 6) is 0.254. The fourth-order valence-corrected chi connectivity index (χ4v) is 1.90. The molecule has 82 valence electrons. The van der Waals surface area contributed by atoms with Crippen LogP contribution in [0.1, 0.15) is 24.4 Å². The van der Waals surface area contributed by atoms with E-state index < -0.39 is 12.1 Å². The molecule has 15 heavy (non-hydrogen) atoms. The number of hydrogen-bond acceptors (Lipinski definition) is 3. The fraction of sp³-hybridized carbons (Fsp3) is 0.455. The monoisotopic (exact) mass is 227 g/mol. The molecule has 1 saturated carbocycles. The fourth-order valence-electron chi connectivity index (χ4n) is 1.72. The van der Waals surface area contributed by atoms with Gasteiger partial charge in [-0.3, -0.25) is 0 Å². The Balaban J connectivity index is 2.24. The first-order chi connectivity index (χ1) is 7.11. The van der Waals surface area contributed by atoms with Crippen molar-refractivity contribution in [2.24, 2.45) is 11.7 Å². The second kappa shape index (κ2) is 4.00. The molecule has 0 aromatic heterocycles. The van der Waals surface area contributed by atoms with Crippen molar-refractivity contribution in [2.45, 2.75) is 25.0 Å². The molecule has 3 nitrogen and oxygen atoms in total. The summed E-state index contributed by atoms with van der Waals surface area (Å²) >= 11 is 5.77. The molecule has 4 heteroatoms. The third-order valence-electron chi connectivity index (χ3n) is 2.85. The zero-order valence-electron chi connectivity index (χ0n) is 8.23. The second-order valence-electron chi connectivity index (χ2n) is 4.03. The van der Waals surface area contributed by atoms with Gasteiger partial charge in [-0.2, -0.15) is 0 Å². The van der Waals surface area contributed by atoms with Gasteiger partial charge in [-0.1, -0.05) is 23.7 Å². The van der Waals surface area contributed by atoms with Crippen molar-refractivity contribution in [1.82, 2.24) is 0 Å². The highest BCUT2D eigenvalue weighted by atomic mass is 35.5. The molecule has 0 unspecified atom stereocenters. The number of hydrogen-bond donors (Lipinski definition) is 3. The molecule has 0 amide bonds. The smallest absolute Gasteiger partial charge is 0.139 e. The number of aliphatic hydroxyl groups excluding tert-OH is 1. The van der Waals surface area contributed by atoms with Crippen molar-refractivity contribution in [3.63, 3.8) is 0 Å². The first-order valence-corrected chi connectivity index (χ1v) is 5.40. The van der Waals surface area contributed by atoms with Crippen LogP contribution in [-0.4, -0.2) is 16.3 Å². The van der Waals surface area contributed by atoms with Crippen LogP contribution in [0.3, 0.4) is 0 Å². The highest BCUT2D eigenvalue weighted by Gasteiger charge is 2.35. The Morgan fingerprint density at radius 2 is 2.07 bits per heavy atom. The molecule has 1 aromatic rings. The summed E-state index contributed by atoms with van der Waals surface area (Å²) in [5, 5.41) is 19.8. The predicted octanol–water partition coefficient (Wildman–Crippen LogP) is 1.82. The topological polar surface area (TPSA) is 66.5 Å².